The van der Waals surface area contributed by atoms with Gasteiger partial charge >= 0.3 is 0 Å². The smallest absolute Gasteiger partial charge is 0.126 e. The minimum Gasteiger partial charge on any atom is -0.396 e. The minimum absolute atomic E-state index is 0.00592. The molecule has 2 aliphatic heterocycles. The minimum atomic E-state index is -0.518. The molecule has 5 heteroatoms. The van der Waals surface area contributed by atoms with Crippen LogP contribution in [0, 0.1) is 17.0 Å². The first-order valence-electron chi connectivity index (χ1n) is 8.59. The van der Waals surface area contributed by atoms with E-state index in [1.807, 2.05) is 0 Å². The van der Waals surface area contributed by atoms with Crippen LogP contribution in [0.3, 0.4) is 0 Å². The normalized spacial score (nSPS) is 22.6. The fraction of sp³-hybridized carbons (Fsp3) is 0.667. The number of benzene rings is 1. The van der Waals surface area contributed by atoms with E-state index in [0.717, 1.165) is 51.6 Å². The number of rotatable bonds is 5. The third-order valence-electron chi connectivity index (χ3n) is 5.34. The van der Waals surface area contributed by atoms with Crippen LogP contribution in [0.5, 0.6) is 0 Å². The molecule has 2 fully saturated rings. The molecular formula is C18H26F2N2O. The molecule has 0 bridgehead atoms. The van der Waals surface area contributed by atoms with Gasteiger partial charge in [-0.3, -0.25) is 4.90 Å². The van der Waals surface area contributed by atoms with Gasteiger partial charge in [-0.2, -0.15) is 0 Å². The molecule has 0 saturated carbocycles. The van der Waals surface area contributed by atoms with Crippen LogP contribution in [0.15, 0.2) is 18.2 Å². The molecule has 0 amide bonds. The molecule has 128 valence electrons. The predicted molar refractivity (Wildman–Crippen MR) is 86.1 cm³/mol. The van der Waals surface area contributed by atoms with Crippen LogP contribution in [-0.4, -0.2) is 54.2 Å². The van der Waals surface area contributed by atoms with Crippen molar-refractivity contribution in [1.82, 2.24) is 9.80 Å². The van der Waals surface area contributed by atoms with Crippen molar-refractivity contribution in [2.24, 2.45) is 5.41 Å². The Bertz CT molecular complexity index is 504. The molecule has 2 heterocycles. The first-order valence-corrected chi connectivity index (χ1v) is 8.59. The van der Waals surface area contributed by atoms with E-state index in [-0.39, 0.29) is 12.0 Å². The number of hydrogen-bond donors (Lipinski definition) is 1. The van der Waals surface area contributed by atoms with Gasteiger partial charge in [-0.1, -0.05) is 0 Å². The maximum Gasteiger partial charge on any atom is 0.126 e. The number of nitrogens with zero attached hydrogens (tertiary/aromatic N) is 2. The third-order valence-corrected chi connectivity index (χ3v) is 5.34. The Morgan fingerprint density at radius 2 is 1.52 bits per heavy atom. The Balaban J connectivity index is 1.56. The van der Waals surface area contributed by atoms with Crippen molar-refractivity contribution in [3.63, 3.8) is 0 Å². The lowest BCUT2D eigenvalue weighted by molar-refractivity contribution is 0.0164. The van der Waals surface area contributed by atoms with Crippen LogP contribution in [0.4, 0.5) is 8.78 Å². The van der Waals surface area contributed by atoms with Crippen LogP contribution >= 0.6 is 0 Å². The molecule has 3 nitrogen and oxygen atoms in total. The lowest BCUT2D eigenvalue weighted by Crippen LogP contribution is -2.47. The second-order valence-electron chi connectivity index (χ2n) is 7.20. The van der Waals surface area contributed by atoms with Gasteiger partial charge in [0.1, 0.15) is 11.6 Å². The Kier molecular flexibility index (Phi) is 5.29. The van der Waals surface area contributed by atoms with Gasteiger partial charge < -0.3 is 10.0 Å². The van der Waals surface area contributed by atoms with Crippen molar-refractivity contribution < 1.29 is 13.9 Å². The van der Waals surface area contributed by atoms with Gasteiger partial charge in [0.15, 0.2) is 0 Å². The first kappa shape index (κ1) is 16.8. The van der Waals surface area contributed by atoms with E-state index in [1.165, 1.54) is 25.0 Å². The lowest BCUT2D eigenvalue weighted by atomic mass is 9.78. The number of likely N-dealkylation sites (tertiary alicyclic amines) is 2. The number of piperidine rings is 1. The summed E-state index contributed by atoms with van der Waals surface area (Å²) in [5.74, 6) is -1.04. The van der Waals surface area contributed by atoms with E-state index in [9.17, 15) is 13.9 Å². The van der Waals surface area contributed by atoms with E-state index < -0.39 is 11.6 Å². The Morgan fingerprint density at radius 3 is 2.09 bits per heavy atom. The largest absolute Gasteiger partial charge is 0.396 e. The molecule has 0 atom stereocenters. The average molecular weight is 324 g/mol. The van der Waals surface area contributed by atoms with Crippen LogP contribution in [0.2, 0.25) is 0 Å². The predicted octanol–water partition coefficient (Wildman–Crippen LogP) is 2.64. The molecule has 23 heavy (non-hydrogen) atoms. The Hall–Kier alpha value is -1.04. The summed E-state index contributed by atoms with van der Waals surface area (Å²) in [5, 5.41) is 9.91. The molecule has 2 aliphatic rings. The second-order valence-corrected chi connectivity index (χ2v) is 7.20. The van der Waals surface area contributed by atoms with Crippen LogP contribution in [0.1, 0.15) is 31.2 Å². The zero-order valence-electron chi connectivity index (χ0n) is 13.6. The molecule has 0 unspecified atom stereocenters. The molecule has 1 aromatic rings. The van der Waals surface area contributed by atoms with Crippen molar-refractivity contribution in [1.29, 1.82) is 0 Å². The summed E-state index contributed by atoms with van der Waals surface area (Å²) in [4.78, 5) is 4.69. The zero-order chi connectivity index (χ0) is 16.3. The van der Waals surface area contributed by atoms with Gasteiger partial charge in [-0.25, -0.2) is 8.78 Å². The summed E-state index contributed by atoms with van der Waals surface area (Å²) in [6, 6.07) is 3.72. The highest BCUT2D eigenvalue weighted by Gasteiger charge is 2.36. The van der Waals surface area contributed by atoms with Gasteiger partial charge in [-0.05, 0) is 69.6 Å². The van der Waals surface area contributed by atoms with Crippen LogP contribution in [0.25, 0.3) is 0 Å². The maximum atomic E-state index is 13.3. The fourth-order valence-electron chi connectivity index (χ4n) is 3.93. The van der Waals surface area contributed by atoms with E-state index in [2.05, 4.69) is 9.80 Å². The quantitative estimate of drug-likeness (QED) is 0.902. The van der Waals surface area contributed by atoms with Gasteiger partial charge in [0.05, 0.1) is 6.61 Å². The van der Waals surface area contributed by atoms with Crippen molar-refractivity contribution in [3.05, 3.63) is 35.4 Å². The lowest BCUT2D eigenvalue weighted by Gasteiger charge is -2.42. The topological polar surface area (TPSA) is 26.7 Å². The Labute approximate surface area is 136 Å². The van der Waals surface area contributed by atoms with E-state index >= 15 is 0 Å². The summed E-state index contributed by atoms with van der Waals surface area (Å²) in [6.45, 7) is 5.80. The zero-order valence-corrected chi connectivity index (χ0v) is 13.6. The highest BCUT2D eigenvalue weighted by molar-refractivity contribution is 5.17. The monoisotopic (exact) mass is 324 g/mol. The van der Waals surface area contributed by atoms with Crippen molar-refractivity contribution in [3.8, 4) is 0 Å². The second kappa shape index (κ2) is 7.24. The van der Waals surface area contributed by atoms with Crippen molar-refractivity contribution >= 4 is 0 Å². The molecule has 2 saturated heterocycles. The molecular weight excluding hydrogens is 298 g/mol. The summed E-state index contributed by atoms with van der Waals surface area (Å²) in [7, 11) is 0. The number of aliphatic hydroxyl groups is 1. The standard InChI is InChI=1S/C18H26F2N2O/c19-16-9-15(10-17(20)11-16)12-21-7-3-18(14-23,4-8-21)13-22-5-1-2-6-22/h9-11,23H,1-8,12-14H2. The van der Waals surface area contributed by atoms with Crippen molar-refractivity contribution in [2.45, 2.75) is 32.2 Å². The van der Waals surface area contributed by atoms with Crippen molar-refractivity contribution in [2.75, 3.05) is 39.3 Å². The third kappa shape index (κ3) is 4.28. The van der Waals surface area contributed by atoms with Crippen LogP contribution < -0.4 is 0 Å². The molecule has 1 N–H and O–H groups in total. The Morgan fingerprint density at radius 1 is 0.913 bits per heavy atom. The van der Waals surface area contributed by atoms with E-state index in [0.29, 0.717) is 12.1 Å². The molecule has 0 spiro atoms. The average Bonchev–Trinajstić information content (AvgIpc) is 3.01. The fourth-order valence-corrected chi connectivity index (χ4v) is 3.93. The molecule has 1 aromatic carbocycles. The first-order chi connectivity index (χ1) is 11.1. The number of hydrogen-bond acceptors (Lipinski definition) is 3. The highest BCUT2D eigenvalue weighted by atomic mass is 19.1. The van der Waals surface area contributed by atoms with E-state index in [1.54, 1.807) is 0 Å². The van der Waals surface area contributed by atoms with Gasteiger partial charge in [0, 0.05) is 24.6 Å². The summed E-state index contributed by atoms with van der Waals surface area (Å²) >= 11 is 0. The summed E-state index contributed by atoms with van der Waals surface area (Å²) in [6.07, 6.45) is 4.41. The van der Waals surface area contributed by atoms with Crippen LogP contribution in [-0.2, 0) is 6.54 Å². The van der Waals surface area contributed by atoms with E-state index in [4.69, 9.17) is 0 Å². The number of aliphatic hydroxyl groups excluding tert-OH is 1. The van der Waals surface area contributed by atoms with Gasteiger partial charge in [-0.15, -0.1) is 0 Å². The summed E-state index contributed by atoms with van der Waals surface area (Å²) < 4.78 is 26.6. The SMILES string of the molecule is OCC1(CN2CCCC2)CCN(Cc2cc(F)cc(F)c2)CC1. The summed E-state index contributed by atoms with van der Waals surface area (Å²) in [5.41, 5.74) is 0.673. The highest BCUT2D eigenvalue weighted by Crippen LogP contribution is 2.33. The molecule has 0 aromatic heterocycles. The molecule has 3 rings (SSSR count). The van der Waals surface area contributed by atoms with Gasteiger partial charge in [0.2, 0.25) is 0 Å². The number of halogens is 2. The maximum absolute atomic E-state index is 13.3. The molecule has 0 radical (unpaired) electrons. The molecule has 0 aliphatic carbocycles. The van der Waals surface area contributed by atoms with Gasteiger partial charge in [0.25, 0.3) is 0 Å².